The molecule has 4 aliphatic rings. The summed E-state index contributed by atoms with van der Waals surface area (Å²) in [6, 6.07) is -0.338. The fourth-order valence-corrected chi connectivity index (χ4v) is 6.31. The number of aliphatic hydroxyl groups excluding tert-OH is 5. The number of hydrogen-bond acceptors (Lipinski definition) is 22. The van der Waals surface area contributed by atoms with E-state index in [1.165, 1.54) is 25.3 Å². The van der Waals surface area contributed by atoms with E-state index in [-0.39, 0.29) is 60.5 Å². The van der Waals surface area contributed by atoms with Crippen LogP contribution in [-0.2, 0) is 13.8 Å². The molecule has 0 aromatic heterocycles. The highest BCUT2D eigenvalue weighted by molar-refractivity contribution is 6.24. The van der Waals surface area contributed by atoms with Crippen LogP contribution in [0.25, 0.3) is 0 Å². The maximum absolute atomic E-state index is 11.1. The highest BCUT2D eigenvalue weighted by Crippen LogP contribution is 2.28. The number of carbonyl (C=O) groups excluding carboxylic acids is 4. The minimum absolute atomic E-state index is 0.0108. The Morgan fingerprint density at radius 1 is 0.709 bits per heavy atom. The van der Waals surface area contributed by atoms with Crippen molar-refractivity contribution < 1.29 is 68.5 Å². The van der Waals surface area contributed by atoms with Crippen LogP contribution in [-0.4, -0.2) is 280 Å². The van der Waals surface area contributed by atoms with Crippen molar-refractivity contribution in [2.24, 2.45) is 11.5 Å². The lowest BCUT2D eigenvalue weighted by atomic mass is 10.0. The molecule has 79 heavy (non-hydrogen) atoms. The SMILES string of the molecule is C=O.CC(C)(C)OCl.CC(CO)(CO)[N+](=O)[O-].CN.CN1CC(C)(CCl)N(Cl)C1=O.CN1CC(C)(CCl)NC1=O.CN1CC(C)(CO)NC1=O.CN1COCC(C)([N+](=O)[O-])C1.CNCC(C)(CO)[N+](=O)[O-].CNCC(C)(N)CO. The summed E-state index contributed by atoms with van der Waals surface area (Å²) in [6.45, 7) is 21.3. The summed E-state index contributed by atoms with van der Waals surface area (Å²) in [5.41, 5.74) is 4.52. The van der Waals surface area contributed by atoms with Crippen LogP contribution in [0.15, 0.2) is 0 Å². The number of aliphatic hydroxyl groups is 5. The molecule has 35 heteroatoms. The van der Waals surface area contributed by atoms with Crippen LogP contribution in [0.3, 0.4) is 0 Å². The number of nitrogens with zero attached hydrogens (tertiary/aromatic N) is 8. The molecule has 4 saturated heterocycles. The molecule has 4 fully saturated rings. The Bertz CT molecular complexity index is 1720. The highest BCUT2D eigenvalue weighted by atomic mass is 35.5. The maximum atomic E-state index is 11.1. The number of likely N-dealkylation sites (N-methyl/N-ethyl adjacent to an activating group) is 6. The van der Waals surface area contributed by atoms with Crippen molar-refractivity contribution in [2.75, 3.05) is 147 Å². The predicted molar refractivity (Wildman–Crippen MR) is 304 cm³/mol. The minimum Gasteiger partial charge on any atom is -0.394 e. The summed E-state index contributed by atoms with van der Waals surface area (Å²) in [5.74, 6) is 0.815. The lowest BCUT2D eigenvalue weighted by Crippen LogP contribution is -2.53. The Morgan fingerprint density at radius 2 is 1.10 bits per heavy atom. The summed E-state index contributed by atoms with van der Waals surface area (Å²) < 4.78 is 10.6. The average molecular weight is 1240 g/mol. The Kier molecular flexibility index (Phi) is 45.4. The van der Waals surface area contributed by atoms with Crippen LogP contribution in [0.5, 0.6) is 0 Å². The van der Waals surface area contributed by atoms with Gasteiger partial charge in [0.2, 0.25) is 0 Å². The molecule has 0 saturated carbocycles. The molecule has 6 atom stereocenters. The van der Waals surface area contributed by atoms with Crippen LogP contribution >= 0.6 is 46.8 Å². The monoisotopic (exact) mass is 1230 g/mol. The van der Waals surface area contributed by atoms with Gasteiger partial charge < -0.3 is 82.5 Å². The van der Waals surface area contributed by atoms with E-state index >= 15 is 0 Å². The third-order valence-corrected chi connectivity index (χ3v) is 12.8. The summed E-state index contributed by atoms with van der Waals surface area (Å²) in [4.78, 5) is 76.7. The first-order valence-electron chi connectivity index (χ1n) is 23.9. The summed E-state index contributed by atoms with van der Waals surface area (Å²) in [6.07, 6.45) is 0. The second-order valence-corrected chi connectivity index (χ2v) is 22.4. The first-order valence-corrected chi connectivity index (χ1v) is 25.6. The number of carbonyl (C=O) groups is 4. The zero-order valence-corrected chi connectivity index (χ0v) is 52.2. The van der Waals surface area contributed by atoms with E-state index in [1.54, 1.807) is 75.7 Å². The van der Waals surface area contributed by atoms with Gasteiger partial charge in [-0.1, -0.05) is 0 Å². The standard InChI is InChI=1S/C6H10Cl2N2O.C6H11ClN2O.C6H12N2O3.C6H12N2O2.C5H12N2O3.C5H14N2O.C4H9ClO.C4H9NO4.CH5N.CH2O/c1-6(3-7)4-9(2)5(11)10(6)8;1-6(3-7)4-9(2)5(10)8-6;1-6(8(9)10)3-7(2)5-11-4-6;1-6(4-9)3-8(2)5(10)7-6;1-5(4-8,3-6-2)7(9)10;1-5(6,4-8)3-7-2;1-4(2,3)6-5;1-4(2-6,3-7)5(8)9;2*1-2/h3-4H2,1-2H3;3-4H2,1-2H3,(H,8,10);3-5H2,1-2H3;9H,3-4H2,1-2H3,(H,7,10);6,8H,3-4H2,1-2H3;7-8H,3-4,6H2,1-2H3;1-3H3;6-7H,2-3H2,1H3;2H2,1H3;1H2. The molecular formula is C44H96Cl4N14O17. The summed E-state index contributed by atoms with van der Waals surface area (Å²) in [5, 5.41) is 84.4. The lowest BCUT2D eigenvalue weighted by Gasteiger charge is -2.31. The first kappa shape index (κ1) is 86.6. The Balaban J connectivity index is -0.000000192. The van der Waals surface area contributed by atoms with Crippen LogP contribution in [0.1, 0.15) is 69.2 Å². The molecule has 0 bridgehead atoms. The van der Waals surface area contributed by atoms with E-state index in [1.807, 2.05) is 48.3 Å². The third kappa shape index (κ3) is 35.1. The largest absolute Gasteiger partial charge is 0.394 e. The van der Waals surface area contributed by atoms with Crippen LogP contribution in [0, 0.1) is 30.3 Å². The number of urea groups is 3. The van der Waals surface area contributed by atoms with Gasteiger partial charge in [-0.2, -0.15) is 0 Å². The zero-order valence-electron chi connectivity index (χ0n) is 49.2. The smallest absolute Gasteiger partial charge is 0.335 e. The predicted octanol–water partition coefficient (Wildman–Crippen LogP) is -0.0216. The van der Waals surface area contributed by atoms with E-state index in [4.69, 9.17) is 87.6 Å². The number of nitrogens with two attached hydrogens (primary N) is 2. The Labute approximate surface area is 485 Å². The maximum Gasteiger partial charge on any atom is 0.335 e. The van der Waals surface area contributed by atoms with Crippen molar-refractivity contribution >= 4 is 71.7 Å². The number of rotatable bonds is 14. The topological polar surface area (TPSA) is 434 Å². The molecule has 472 valence electrons. The molecule has 0 radical (unpaired) electrons. The van der Waals surface area contributed by atoms with Gasteiger partial charge in [0.25, 0.3) is 16.6 Å². The molecule has 0 aromatic carbocycles. The molecule has 4 rings (SSSR count). The summed E-state index contributed by atoms with van der Waals surface area (Å²) >= 11 is 22.0. The second-order valence-electron chi connectivity index (χ2n) is 21.3. The number of ether oxygens (including phenoxy) is 1. The van der Waals surface area contributed by atoms with Gasteiger partial charge in [0, 0.05) is 112 Å². The first-order chi connectivity index (χ1) is 36.0. The van der Waals surface area contributed by atoms with E-state index in [0.717, 1.165) is 0 Å². The van der Waals surface area contributed by atoms with Crippen LogP contribution < -0.4 is 32.7 Å². The fourth-order valence-electron chi connectivity index (χ4n) is 5.65. The van der Waals surface area contributed by atoms with Gasteiger partial charge in [-0.25, -0.2) is 18.8 Å². The van der Waals surface area contributed by atoms with Crippen molar-refractivity contribution in [3.05, 3.63) is 30.3 Å². The second kappa shape index (κ2) is 41.4. The lowest BCUT2D eigenvalue weighted by molar-refractivity contribution is -0.575. The van der Waals surface area contributed by atoms with E-state index < -0.39 is 62.9 Å². The molecule has 0 aromatic rings. The van der Waals surface area contributed by atoms with Crippen molar-refractivity contribution in [2.45, 2.75) is 114 Å². The molecule has 13 N–H and O–H groups in total. The minimum atomic E-state index is -1.58. The third-order valence-electron chi connectivity index (χ3n) is 10.6. The van der Waals surface area contributed by atoms with Crippen LogP contribution in [0.2, 0.25) is 0 Å². The molecular weight excluding hydrogens is 1140 g/mol. The summed E-state index contributed by atoms with van der Waals surface area (Å²) in [7, 11) is 11.9. The van der Waals surface area contributed by atoms with Gasteiger partial charge in [0.05, 0.1) is 67.1 Å². The Hall–Kier alpha value is -3.64. The van der Waals surface area contributed by atoms with Crippen molar-refractivity contribution in [1.29, 1.82) is 0 Å². The number of hydrogen-bond donors (Lipinski definition) is 11. The number of nitrogens with one attached hydrogen (secondary N) is 4. The van der Waals surface area contributed by atoms with Gasteiger partial charge in [-0.05, 0) is 76.7 Å². The van der Waals surface area contributed by atoms with Crippen molar-refractivity contribution in [1.82, 2.24) is 45.3 Å². The molecule has 0 aliphatic carbocycles. The van der Waals surface area contributed by atoms with Gasteiger partial charge in [0.15, 0.2) is 0 Å². The van der Waals surface area contributed by atoms with Gasteiger partial charge >= 0.3 is 18.1 Å². The normalized spacial score (nSPS) is 23.6. The number of nitro groups is 3. The fraction of sp³-hybridized carbons (Fsp3) is 0.909. The average Bonchev–Trinajstić information content (AvgIpc) is 3.91. The number of amides is 6. The molecule has 6 unspecified atom stereocenters. The number of halogens is 4. The van der Waals surface area contributed by atoms with Crippen LogP contribution in [0.4, 0.5) is 14.4 Å². The quantitative estimate of drug-likeness (QED) is 0.0471. The van der Waals surface area contributed by atoms with E-state index in [2.05, 4.69) is 31.3 Å². The molecule has 4 aliphatic heterocycles. The highest BCUT2D eigenvalue weighted by Gasteiger charge is 2.44. The molecule has 31 nitrogen and oxygen atoms in total. The van der Waals surface area contributed by atoms with E-state index in [9.17, 15) is 44.7 Å². The number of alkyl halides is 2. The van der Waals surface area contributed by atoms with Gasteiger partial charge in [-0.3, -0.25) is 39.5 Å². The Morgan fingerprint density at radius 3 is 1.24 bits per heavy atom. The van der Waals surface area contributed by atoms with Gasteiger partial charge in [0.1, 0.15) is 33.2 Å². The van der Waals surface area contributed by atoms with Gasteiger partial charge in [-0.15, -0.1) is 23.2 Å². The van der Waals surface area contributed by atoms with Crippen molar-refractivity contribution in [3.63, 3.8) is 0 Å². The van der Waals surface area contributed by atoms with Crippen molar-refractivity contribution in [3.8, 4) is 0 Å². The molecule has 0 spiro atoms. The molecule has 6 amide bonds. The zero-order chi connectivity index (χ0) is 64.2. The molecule has 4 heterocycles. The van der Waals surface area contributed by atoms with E-state index in [0.29, 0.717) is 51.2 Å².